The Hall–Kier alpha value is -2.29. The number of nitrogens with one attached hydrogen (secondary N) is 1. The quantitative estimate of drug-likeness (QED) is 0.876. The van der Waals surface area contributed by atoms with E-state index in [0.29, 0.717) is 18.9 Å². The highest BCUT2D eigenvalue weighted by Crippen LogP contribution is 2.41. The van der Waals surface area contributed by atoms with E-state index in [1.165, 1.54) is 16.7 Å². The molecule has 2 aromatic carbocycles. The number of hydrogen-bond donors (Lipinski definition) is 1. The first-order valence-electron chi connectivity index (χ1n) is 8.58. The standard InChI is InChI=1S/C21H25NO2/c1-13(2)12-24-20-8-6-5-7-16(20)17-11-21(23)22-19-10-15(4)14(3)9-18(17)19/h5-10,13,17H,11-12H2,1-4H3,(H,22,23)/t17-/m0/s1. The monoisotopic (exact) mass is 323 g/mol. The summed E-state index contributed by atoms with van der Waals surface area (Å²) < 4.78 is 6.02. The molecule has 3 nitrogen and oxygen atoms in total. The lowest BCUT2D eigenvalue weighted by Gasteiger charge is -2.28. The summed E-state index contributed by atoms with van der Waals surface area (Å²) in [6, 6.07) is 12.4. The molecule has 3 rings (SSSR count). The molecule has 0 radical (unpaired) electrons. The van der Waals surface area contributed by atoms with Crippen LogP contribution in [0.4, 0.5) is 5.69 Å². The van der Waals surface area contributed by atoms with Gasteiger partial charge in [-0.3, -0.25) is 4.79 Å². The predicted molar refractivity (Wildman–Crippen MR) is 97.8 cm³/mol. The molecular formula is C21H25NO2. The van der Waals surface area contributed by atoms with Gasteiger partial charge in [0, 0.05) is 23.6 Å². The average molecular weight is 323 g/mol. The van der Waals surface area contributed by atoms with Crippen molar-refractivity contribution in [1.82, 2.24) is 0 Å². The summed E-state index contributed by atoms with van der Waals surface area (Å²) in [6.07, 6.45) is 0.456. The van der Waals surface area contributed by atoms with E-state index in [0.717, 1.165) is 17.0 Å². The van der Waals surface area contributed by atoms with Gasteiger partial charge < -0.3 is 10.1 Å². The van der Waals surface area contributed by atoms with Crippen LogP contribution < -0.4 is 10.1 Å². The zero-order valence-corrected chi connectivity index (χ0v) is 14.8. The maximum absolute atomic E-state index is 12.2. The maximum Gasteiger partial charge on any atom is 0.225 e. The molecule has 1 atom stereocenters. The highest BCUT2D eigenvalue weighted by Gasteiger charge is 2.29. The van der Waals surface area contributed by atoms with Gasteiger partial charge in [0.1, 0.15) is 5.75 Å². The van der Waals surface area contributed by atoms with E-state index in [2.05, 4.69) is 51.2 Å². The Kier molecular flexibility index (Phi) is 4.61. The molecule has 0 bridgehead atoms. The van der Waals surface area contributed by atoms with E-state index < -0.39 is 0 Å². The Morgan fingerprint density at radius 3 is 2.58 bits per heavy atom. The number of aryl methyl sites for hydroxylation is 2. The van der Waals surface area contributed by atoms with Crippen molar-refractivity contribution < 1.29 is 9.53 Å². The van der Waals surface area contributed by atoms with Crippen molar-refractivity contribution in [2.45, 2.75) is 40.0 Å². The molecule has 0 aromatic heterocycles. The van der Waals surface area contributed by atoms with Crippen LogP contribution in [-0.4, -0.2) is 12.5 Å². The van der Waals surface area contributed by atoms with Gasteiger partial charge in [-0.1, -0.05) is 38.1 Å². The number of anilines is 1. The Bertz CT molecular complexity index is 764. The van der Waals surface area contributed by atoms with Gasteiger partial charge in [0.05, 0.1) is 6.61 Å². The van der Waals surface area contributed by atoms with Gasteiger partial charge in [-0.2, -0.15) is 0 Å². The number of ether oxygens (including phenoxy) is 1. The summed E-state index contributed by atoms with van der Waals surface area (Å²) >= 11 is 0. The molecule has 1 aliphatic rings. The van der Waals surface area contributed by atoms with Crippen molar-refractivity contribution in [2.75, 3.05) is 11.9 Å². The second-order valence-electron chi connectivity index (χ2n) is 7.07. The molecule has 0 fully saturated rings. The van der Waals surface area contributed by atoms with Gasteiger partial charge in [0.15, 0.2) is 0 Å². The highest BCUT2D eigenvalue weighted by molar-refractivity contribution is 5.95. The van der Waals surface area contributed by atoms with Gasteiger partial charge in [0.2, 0.25) is 5.91 Å². The maximum atomic E-state index is 12.2. The SMILES string of the molecule is Cc1cc2c(cc1C)[C@H](c1ccccc1OCC(C)C)CC(=O)N2. The Morgan fingerprint density at radius 1 is 1.12 bits per heavy atom. The summed E-state index contributed by atoms with van der Waals surface area (Å²) in [4.78, 5) is 12.2. The summed E-state index contributed by atoms with van der Waals surface area (Å²) in [5, 5.41) is 3.02. The number of para-hydroxylation sites is 1. The second kappa shape index (κ2) is 6.68. The lowest BCUT2D eigenvalue weighted by molar-refractivity contribution is -0.116. The van der Waals surface area contributed by atoms with Crippen molar-refractivity contribution in [3.05, 3.63) is 58.7 Å². The van der Waals surface area contributed by atoms with Crippen LogP contribution in [0.5, 0.6) is 5.75 Å². The van der Waals surface area contributed by atoms with Crippen LogP contribution in [-0.2, 0) is 4.79 Å². The third-order valence-electron chi connectivity index (χ3n) is 4.57. The van der Waals surface area contributed by atoms with Crippen LogP contribution in [0.1, 0.15) is 48.4 Å². The first-order chi connectivity index (χ1) is 11.5. The molecule has 1 heterocycles. The second-order valence-corrected chi connectivity index (χ2v) is 7.07. The number of hydrogen-bond acceptors (Lipinski definition) is 2. The molecule has 0 aliphatic carbocycles. The Labute approximate surface area is 144 Å². The van der Waals surface area contributed by atoms with Crippen LogP contribution in [0.15, 0.2) is 36.4 Å². The predicted octanol–water partition coefficient (Wildman–Crippen LogP) is 4.81. The molecule has 1 aliphatic heterocycles. The van der Waals surface area contributed by atoms with Crippen LogP contribution in [0.2, 0.25) is 0 Å². The van der Waals surface area contributed by atoms with Crippen LogP contribution in [0.25, 0.3) is 0 Å². The fourth-order valence-electron chi connectivity index (χ4n) is 3.17. The lowest BCUT2D eigenvalue weighted by Crippen LogP contribution is -2.24. The summed E-state index contributed by atoms with van der Waals surface area (Å²) in [5.41, 5.74) is 5.64. The first-order valence-corrected chi connectivity index (χ1v) is 8.58. The molecular weight excluding hydrogens is 298 g/mol. The van der Waals surface area contributed by atoms with E-state index >= 15 is 0 Å². The fraction of sp³-hybridized carbons (Fsp3) is 0.381. The van der Waals surface area contributed by atoms with Crippen LogP contribution in [0.3, 0.4) is 0 Å². The zero-order chi connectivity index (χ0) is 17.3. The van der Waals surface area contributed by atoms with E-state index in [9.17, 15) is 4.79 Å². The average Bonchev–Trinajstić information content (AvgIpc) is 2.54. The Morgan fingerprint density at radius 2 is 1.83 bits per heavy atom. The summed E-state index contributed by atoms with van der Waals surface area (Å²) in [5.74, 6) is 1.45. The highest BCUT2D eigenvalue weighted by atomic mass is 16.5. The first kappa shape index (κ1) is 16.6. The number of amides is 1. The molecule has 1 N–H and O–H groups in total. The molecule has 2 aromatic rings. The van der Waals surface area contributed by atoms with Crippen molar-refractivity contribution >= 4 is 11.6 Å². The third kappa shape index (κ3) is 3.30. The number of benzene rings is 2. The normalized spacial score (nSPS) is 16.7. The molecule has 1 amide bonds. The van der Waals surface area contributed by atoms with Gasteiger partial charge >= 0.3 is 0 Å². The van der Waals surface area contributed by atoms with E-state index in [1.54, 1.807) is 0 Å². The third-order valence-corrected chi connectivity index (χ3v) is 4.57. The molecule has 0 saturated carbocycles. The van der Waals surface area contributed by atoms with E-state index in [-0.39, 0.29) is 11.8 Å². The zero-order valence-electron chi connectivity index (χ0n) is 14.8. The van der Waals surface area contributed by atoms with Gasteiger partial charge in [-0.25, -0.2) is 0 Å². The fourth-order valence-corrected chi connectivity index (χ4v) is 3.17. The van der Waals surface area contributed by atoms with Gasteiger partial charge in [-0.05, 0) is 48.6 Å². The number of carbonyl (C=O) groups is 1. The molecule has 0 unspecified atom stereocenters. The molecule has 3 heteroatoms. The van der Waals surface area contributed by atoms with Crippen molar-refractivity contribution in [3.8, 4) is 5.75 Å². The summed E-state index contributed by atoms with van der Waals surface area (Å²) in [7, 11) is 0. The van der Waals surface area contributed by atoms with Crippen molar-refractivity contribution in [3.63, 3.8) is 0 Å². The lowest BCUT2D eigenvalue weighted by atomic mass is 9.83. The van der Waals surface area contributed by atoms with Crippen molar-refractivity contribution in [1.29, 1.82) is 0 Å². The largest absolute Gasteiger partial charge is 0.493 e. The van der Waals surface area contributed by atoms with Gasteiger partial charge in [-0.15, -0.1) is 0 Å². The molecule has 126 valence electrons. The minimum atomic E-state index is 0.0383. The molecule has 0 saturated heterocycles. The van der Waals surface area contributed by atoms with Gasteiger partial charge in [0.25, 0.3) is 0 Å². The number of fused-ring (bicyclic) bond motifs is 1. The molecule has 24 heavy (non-hydrogen) atoms. The molecule has 0 spiro atoms. The summed E-state index contributed by atoms with van der Waals surface area (Å²) in [6.45, 7) is 9.14. The minimum absolute atomic E-state index is 0.0383. The number of rotatable bonds is 4. The number of carbonyl (C=O) groups excluding carboxylic acids is 1. The van der Waals surface area contributed by atoms with Crippen LogP contribution in [0, 0.1) is 19.8 Å². The minimum Gasteiger partial charge on any atom is -0.493 e. The van der Waals surface area contributed by atoms with E-state index in [1.807, 2.05) is 18.2 Å². The topological polar surface area (TPSA) is 38.3 Å². The van der Waals surface area contributed by atoms with E-state index in [4.69, 9.17) is 4.74 Å². The van der Waals surface area contributed by atoms with Crippen molar-refractivity contribution in [2.24, 2.45) is 5.92 Å². The Balaban J connectivity index is 2.05. The van der Waals surface area contributed by atoms with Crippen LogP contribution >= 0.6 is 0 Å². The smallest absolute Gasteiger partial charge is 0.225 e.